The number of aromatic amines is 1. The van der Waals surface area contributed by atoms with Crippen LogP contribution in [0.3, 0.4) is 0 Å². The second-order valence-corrected chi connectivity index (χ2v) is 7.17. The van der Waals surface area contributed by atoms with Crippen LogP contribution in [0.15, 0.2) is 54.0 Å². The van der Waals surface area contributed by atoms with Crippen molar-refractivity contribution in [1.29, 1.82) is 0 Å². The molecule has 1 amide bonds. The van der Waals surface area contributed by atoms with Crippen LogP contribution >= 0.6 is 11.3 Å². The van der Waals surface area contributed by atoms with Crippen LogP contribution in [0.25, 0.3) is 22.2 Å². The van der Waals surface area contributed by atoms with Gasteiger partial charge in [-0.25, -0.2) is 4.98 Å². The highest BCUT2D eigenvalue weighted by molar-refractivity contribution is 7.14. The fourth-order valence-electron chi connectivity index (χ4n) is 3.06. The zero-order chi connectivity index (χ0) is 18.8. The van der Waals surface area contributed by atoms with Gasteiger partial charge in [0.1, 0.15) is 5.75 Å². The number of para-hydroxylation sites is 1. The number of ether oxygens (including phenoxy) is 1. The van der Waals surface area contributed by atoms with E-state index in [4.69, 9.17) is 4.74 Å². The predicted molar refractivity (Wildman–Crippen MR) is 109 cm³/mol. The molecule has 0 unspecified atom stereocenters. The fourth-order valence-corrected chi connectivity index (χ4v) is 3.79. The molecular weight excluding hydrogens is 358 g/mol. The third-order valence-corrected chi connectivity index (χ3v) is 5.21. The molecule has 0 saturated carbocycles. The van der Waals surface area contributed by atoms with Crippen molar-refractivity contribution in [3.05, 3.63) is 65.2 Å². The van der Waals surface area contributed by atoms with Crippen LogP contribution < -0.4 is 10.1 Å². The molecule has 0 radical (unpaired) electrons. The first-order valence-electron chi connectivity index (χ1n) is 8.59. The number of rotatable bonds is 5. The fraction of sp³-hybridized carbons (Fsp3) is 0.143. The number of hydrogen-bond donors (Lipinski definition) is 2. The Morgan fingerprint density at radius 3 is 2.96 bits per heavy atom. The second-order valence-electron chi connectivity index (χ2n) is 6.31. The minimum atomic E-state index is -0.0965. The summed E-state index contributed by atoms with van der Waals surface area (Å²) >= 11 is 1.42. The Morgan fingerprint density at radius 2 is 2.11 bits per heavy atom. The second kappa shape index (κ2) is 7.25. The summed E-state index contributed by atoms with van der Waals surface area (Å²) in [5.74, 6) is 0.692. The summed E-state index contributed by atoms with van der Waals surface area (Å²) in [6.07, 6.45) is 2.22. The topological polar surface area (TPSA) is 67.0 Å². The van der Waals surface area contributed by atoms with E-state index < -0.39 is 0 Å². The maximum Gasteiger partial charge on any atom is 0.230 e. The van der Waals surface area contributed by atoms with E-state index in [2.05, 4.69) is 21.4 Å². The lowest BCUT2D eigenvalue weighted by molar-refractivity contribution is -0.115. The summed E-state index contributed by atoms with van der Waals surface area (Å²) in [5, 5.41) is 6.56. The number of hydrogen-bond acceptors (Lipinski definition) is 4. The number of benzene rings is 2. The number of methoxy groups -OCH3 is 1. The van der Waals surface area contributed by atoms with E-state index in [0.29, 0.717) is 5.13 Å². The van der Waals surface area contributed by atoms with Gasteiger partial charge in [-0.05, 0) is 30.2 Å². The van der Waals surface area contributed by atoms with Crippen molar-refractivity contribution in [3.63, 3.8) is 0 Å². The number of thiazole rings is 1. The lowest BCUT2D eigenvalue weighted by Gasteiger charge is -2.07. The van der Waals surface area contributed by atoms with Gasteiger partial charge in [-0.1, -0.05) is 30.3 Å². The molecule has 0 fully saturated rings. The van der Waals surface area contributed by atoms with Gasteiger partial charge in [0.2, 0.25) is 5.91 Å². The molecule has 2 N–H and O–H groups in total. The van der Waals surface area contributed by atoms with E-state index in [1.807, 2.05) is 54.9 Å². The number of fused-ring (bicyclic) bond motifs is 1. The number of aryl methyl sites for hydroxylation is 1. The standard InChI is InChI=1S/C21H19N3O2S/c1-13-7-8-14(9-19(13)26-2)10-20(25)24-21-23-18(12-27-21)16-11-22-17-6-4-3-5-15(16)17/h3-9,11-12,22H,10H2,1-2H3,(H,23,24,25). The van der Waals surface area contributed by atoms with E-state index in [1.54, 1.807) is 7.11 Å². The quantitative estimate of drug-likeness (QED) is 0.525. The van der Waals surface area contributed by atoms with Gasteiger partial charge >= 0.3 is 0 Å². The highest BCUT2D eigenvalue weighted by Crippen LogP contribution is 2.31. The van der Waals surface area contributed by atoms with E-state index in [-0.39, 0.29) is 12.3 Å². The van der Waals surface area contributed by atoms with Gasteiger partial charge in [0.25, 0.3) is 0 Å². The molecule has 0 aliphatic rings. The summed E-state index contributed by atoms with van der Waals surface area (Å²) in [5.41, 5.74) is 4.91. The number of anilines is 1. The summed E-state index contributed by atoms with van der Waals surface area (Å²) in [6.45, 7) is 1.98. The first-order chi connectivity index (χ1) is 13.1. The van der Waals surface area contributed by atoms with Crippen LogP contribution in [0.5, 0.6) is 5.75 Å². The van der Waals surface area contributed by atoms with E-state index in [9.17, 15) is 4.79 Å². The molecule has 0 spiro atoms. The Bertz CT molecular complexity index is 1110. The van der Waals surface area contributed by atoms with Crippen molar-refractivity contribution in [2.24, 2.45) is 0 Å². The van der Waals surface area contributed by atoms with Gasteiger partial charge in [0.05, 0.1) is 19.2 Å². The Balaban J connectivity index is 1.48. The molecule has 0 atom stereocenters. The number of nitrogens with zero attached hydrogens (tertiary/aromatic N) is 1. The Hall–Kier alpha value is -3.12. The lowest BCUT2D eigenvalue weighted by Crippen LogP contribution is -2.14. The molecule has 4 rings (SSSR count). The predicted octanol–water partition coefficient (Wildman–Crippen LogP) is 4.79. The number of amides is 1. The summed E-state index contributed by atoms with van der Waals surface area (Å²) in [7, 11) is 1.63. The third-order valence-electron chi connectivity index (χ3n) is 4.45. The van der Waals surface area contributed by atoms with E-state index >= 15 is 0 Å². The molecule has 2 aromatic carbocycles. The monoisotopic (exact) mass is 377 g/mol. The summed E-state index contributed by atoms with van der Waals surface area (Å²) in [6, 6.07) is 13.9. The summed E-state index contributed by atoms with van der Waals surface area (Å²) in [4.78, 5) is 20.2. The van der Waals surface area contributed by atoms with E-state index in [1.165, 1.54) is 11.3 Å². The minimum Gasteiger partial charge on any atom is -0.496 e. The van der Waals surface area contributed by atoms with Gasteiger partial charge in [0.15, 0.2) is 5.13 Å². The number of carbonyl (C=O) groups excluding carboxylic acids is 1. The van der Waals surface area contributed by atoms with Crippen molar-refractivity contribution in [3.8, 4) is 17.0 Å². The van der Waals surface area contributed by atoms with Crippen molar-refractivity contribution in [1.82, 2.24) is 9.97 Å². The van der Waals surface area contributed by atoms with Crippen LogP contribution in [0.4, 0.5) is 5.13 Å². The molecule has 2 aromatic heterocycles. The molecule has 136 valence electrons. The van der Waals surface area contributed by atoms with Crippen molar-refractivity contribution in [2.75, 3.05) is 12.4 Å². The number of carbonyl (C=O) groups is 1. The highest BCUT2D eigenvalue weighted by Gasteiger charge is 2.12. The first kappa shape index (κ1) is 17.3. The maximum atomic E-state index is 12.4. The highest BCUT2D eigenvalue weighted by atomic mass is 32.1. The van der Waals surface area contributed by atoms with Crippen molar-refractivity contribution >= 4 is 33.3 Å². The molecule has 0 aliphatic carbocycles. The SMILES string of the molecule is COc1cc(CC(=O)Nc2nc(-c3c[nH]c4ccccc34)cs2)ccc1C. The third kappa shape index (κ3) is 3.57. The molecule has 5 nitrogen and oxygen atoms in total. The molecule has 0 bridgehead atoms. The van der Waals surface area contributed by atoms with Crippen LogP contribution in [-0.2, 0) is 11.2 Å². The Labute approximate surface area is 161 Å². The number of nitrogens with one attached hydrogen (secondary N) is 2. The van der Waals surface area contributed by atoms with Gasteiger partial charge in [-0.2, -0.15) is 0 Å². The van der Waals surface area contributed by atoms with Gasteiger partial charge in [-0.3, -0.25) is 4.79 Å². The van der Waals surface area contributed by atoms with Gasteiger partial charge in [-0.15, -0.1) is 11.3 Å². The average molecular weight is 377 g/mol. The van der Waals surface area contributed by atoms with Crippen molar-refractivity contribution < 1.29 is 9.53 Å². The Kier molecular flexibility index (Phi) is 4.64. The number of H-pyrrole nitrogens is 1. The van der Waals surface area contributed by atoms with E-state index in [0.717, 1.165) is 39.0 Å². The molecular formula is C21H19N3O2S. The van der Waals surface area contributed by atoms with Gasteiger partial charge in [0, 0.05) is 28.0 Å². The van der Waals surface area contributed by atoms with Crippen molar-refractivity contribution in [2.45, 2.75) is 13.3 Å². The molecule has 2 heterocycles. The largest absolute Gasteiger partial charge is 0.496 e. The molecule has 0 aliphatic heterocycles. The molecule has 4 aromatic rings. The smallest absolute Gasteiger partial charge is 0.230 e. The lowest BCUT2D eigenvalue weighted by atomic mass is 10.1. The number of aromatic nitrogens is 2. The normalized spacial score (nSPS) is 10.9. The minimum absolute atomic E-state index is 0.0965. The first-order valence-corrected chi connectivity index (χ1v) is 9.47. The zero-order valence-electron chi connectivity index (χ0n) is 15.1. The van der Waals surface area contributed by atoms with Crippen LogP contribution in [-0.4, -0.2) is 23.0 Å². The zero-order valence-corrected chi connectivity index (χ0v) is 15.9. The Morgan fingerprint density at radius 1 is 1.26 bits per heavy atom. The molecule has 27 heavy (non-hydrogen) atoms. The maximum absolute atomic E-state index is 12.4. The molecule has 6 heteroatoms. The van der Waals surface area contributed by atoms with Crippen LogP contribution in [0.2, 0.25) is 0 Å². The van der Waals surface area contributed by atoms with Crippen LogP contribution in [0.1, 0.15) is 11.1 Å². The molecule has 0 saturated heterocycles. The van der Waals surface area contributed by atoms with Crippen LogP contribution in [0, 0.1) is 6.92 Å². The van der Waals surface area contributed by atoms with Gasteiger partial charge < -0.3 is 15.0 Å². The summed E-state index contributed by atoms with van der Waals surface area (Å²) < 4.78 is 5.32. The average Bonchev–Trinajstić information content (AvgIpc) is 3.29.